The van der Waals surface area contributed by atoms with Crippen LogP contribution in [-0.4, -0.2) is 47.2 Å². The Morgan fingerprint density at radius 3 is 2.44 bits per heavy atom. The Labute approximate surface area is 199 Å². The fourth-order valence-electron chi connectivity index (χ4n) is 3.74. The minimum absolute atomic E-state index is 0.0741. The molecule has 8 heteroatoms. The van der Waals surface area contributed by atoms with E-state index in [1.165, 1.54) is 17.0 Å². The standard InChI is InChI=1S/C26H31FN4O3/c1-6-23(21-9-7-8-10-24(21)34-16-26(33)30(4)5)28-25(32)15-22-17(2)29-31(18(22)3)20-13-11-19(27)12-14-20/h7-14,23H,6,15-16H2,1-5H3,(H,28,32). The lowest BCUT2D eigenvalue weighted by Gasteiger charge is -2.21. The number of benzene rings is 2. The lowest BCUT2D eigenvalue weighted by Crippen LogP contribution is -2.31. The van der Waals surface area contributed by atoms with Crippen molar-refractivity contribution in [2.45, 2.75) is 39.7 Å². The molecule has 2 amide bonds. The van der Waals surface area contributed by atoms with Crippen LogP contribution in [0.15, 0.2) is 48.5 Å². The number of carbonyl (C=O) groups is 2. The number of hydrogen-bond donors (Lipinski definition) is 1. The molecule has 1 atom stereocenters. The fraction of sp³-hybridized carbons (Fsp3) is 0.346. The first-order valence-electron chi connectivity index (χ1n) is 11.2. The Balaban J connectivity index is 1.75. The van der Waals surface area contributed by atoms with E-state index in [2.05, 4.69) is 10.4 Å². The molecule has 0 aliphatic heterocycles. The van der Waals surface area contributed by atoms with Gasteiger partial charge in [-0.15, -0.1) is 0 Å². The van der Waals surface area contributed by atoms with Crippen molar-refractivity contribution in [2.75, 3.05) is 20.7 Å². The largest absolute Gasteiger partial charge is 0.483 e. The van der Waals surface area contributed by atoms with E-state index in [9.17, 15) is 14.0 Å². The average Bonchev–Trinajstić information content (AvgIpc) is 3.10. The lowest BCUT2D eigenvalue weighted by atomic mass is 10.0. The topological polar surface area (TPSA) is 76.5 Å². The van der Waals surface area contributed by atoms with Crippen molar-refractivity contribution in [3.8, 4) is 11.4 Å². The lowest BCUT2D eigenvalue weighted by molar-refractivity contribution is -0.130. The van der Waals surface area contributed by atoms with Gasteiger partial charge in [0.05, 0.1) is 23.8 Å². The summed E-state index contributed by atoms with van der Waals surface area (Å²) < 4.78 is 20.8. The molecule has 3 rings (SSSR count). The van der Waals surface area contributed by atoms with E-state index in [4.69, 9.17) is 4.74 Å². The van der Waals surface area contributed by atoms with Crippen LogP contribution in [0.2, 0.25) is 0 Å². The Hall–Kier alpha value is -3.68. The Bertz CT molecular complexity index is 1160. The molecule has 0 spiro atoms. The first kappa shape index (κ1) is 25.0. The monoisotopic (exact) mass is 466 g/mol. The third-order valence-corrected chi connectivity index (χ3v) is 5.74. The number of hydrogen-bond acceptors (Lipinski definition) is 4. The van der Waals surface area contributed by atoms with Gasteiger partial charge in [-0.25, -0.2) is 9.07 Å². The van der Waals surface area contributed by atoms with E-state index in [-0.39, 0.29) is 36.7 Å². The Morgan fingerprint density at radius 1 is 1.12 bits per heavy atom. The number of likely N-dealkylation sites (N-methyl/N-ethyl adjacent to an activating group) is 1. The van der Waals surface area contributed by atoms with E-state index in [0.29, 0.717) is 12.2 Å². The molecular weight excluding hydrogens is 435 g/mol. The first-order chi connectivity index (χ1) is 16.2. The van der Waals surface area contributed by atoms with E-state index >= 15 is 0 Å². The highest BCUT2D eigenvalue weighted by Crippen LogP contribution is 2.28. The van der Waals surface area contributed by atoms with Crippen molar-refractivity contribution >= 4 is 11.8 Å². The molecule has 180 valence electrons. The highest BCUT2D eigenvalue weighted by Gasteiger charge is 2.21. The van der Waals surface area contributed by atoms with E-state index in [1.807, 2.05) is 39.0 Å². The number of nitrogens with one attached hydrogen (secondary N) is 1. The normalized spacial score (nSPS) is 11.7. The first-order valence-corrected chi connectivity index (χ1v) is 11.2. The van der Waals surface area contributed by atoms with Crippen LogP contribution in [0.3, 0.4) is 0 Å². The average molecular weight is 467 g/mol. The van der Waals surface area contributed by atoms with Gasteiger partial charge in [-0.05, 0) is 50.6 Å². The number of aromatic nitrogens is 2. The molecule has 2 aromatic carbocycles. The van der Waals surface area contributed by atoms with E-state index < -0.39 is 0 Å². The summed E-state index contributed by atoms with van der Waals surface area (Å²) >= 11 is 0. The summed E-state index contributed by atoms with van der Waals surface area (Å²) in [6.45, 7) is 5.66. The molecule has 0 radical (unpaired) electrons. The van der Waals surface area contributed by atoms with Crippen molar-refractivity contribution in [1.82, 2.24) is 20.0 Å². The second-order valence-electron chi connectivity index (χ2n) is 8.36. The number of carbonyl (C=O) groups excluding carboxylic acids is 2. The highest BCUT2D eigenvalue weighted by molar-refractivity contribution is 5.80. The van der Waals surface area contributed by atoms with Crippen molar-refractivity contribution in [3.05, 3.63) is 76.9 Å². The summed E-state index contributed by atoms with van der Waals surface area (Å²) in [5.41, 5.74) is 3.96. The summed E-state index contributed by atoms with van der Waals surface area (Å²) in [5, 5.41) is 7.64. The highest BCUT2D eigenvalue weighted by atomic mass is 19.1. The van der Waals surface area contributed by atoms with Gasteiger partial charge in [0.15, 0.2) is 6.61 Å². The summed E-state index contributed by atoms with van der Waals surface area (Å²) in [6, 6.07) is 13.2. The number of rotatable bonds is 9. The minimum Gasteiger partial charge on any atom is -0.483 e. The quantitative estimate of drug-likeness (QED) is 0.519. The van der Waals surface area contributed by atoms with Crippen molar-refractivity contribution in [3.63, 3.8) is 0 Å². The molecule has 0 bridgehead atoms. The van der Waals surface area contributed by atoms with Crippen LogP contribution in [0.4, 0.5) is 4.39 Å². The van der Waals surface area contributed by atoms with Crippen LogP contribution >= 0.6 is 0 Å². The predicted molar refractivity (Wildman–Crippen MR) is 129 cm³/mol. The van der Waals surface area contributed by atoms with Gasteiger partial charge < -0.3 is 15.0 Å². The zero-order valence-corrected chi connectivity index (χ0v) is 20.3. The van der Waals surface area contributed by atoms with Gasteiger partial charge >= 0.3 is 0 Å². The Kier molecular flexibility index (Phi) is 8.04. The molecule has 7 nitrogen and oxygen atoms in total. The molecule has 0 saturated carbocycles. The van der Waals surface area contributed by atoms with Crippen LogP contribution in [0, 0.1) is 19.7 Å². The molecule has 1 aromatic heterocycles. The van der Waals surface area contributed by atoms with Gasteiger partial charge in [0.25, 0.3) is 5.91 Å². The zero-order chi connectivity index (χ0) is 24.8. The molecule has 3 aromatic rings. The molecule has 0 aliphatic carbocycles. The van der Waals surface area contributed by atoms with Gasteiger partial charge in [0.2, 0.25) is 5.91 Å². The second kappa shape index (κ2) is 11.0. The number of halogens is 1. The fourth-order valence-corrected chi connectivity index (χ4v) is 3.74. The molecule has 34 heavy (non-hydrogen) atoms. The van der Waals surface area contributed by atoms with Crippen LogP contribution in [0.5, 0.6) is 5.75 Å². The second-order valence-corrected chi connectivity index (χ2v) is 8.36. The number of para-hydroxylation sites is 1. The van der Waals surface area contributed by atoms with Crippen LogP contribution < -0.4 is 10.1 Å². The minimum atomic E-state index is -0.314. The van der Waals surface area contributed by atoms with Crippen molar-refractivity contribution in [1.29, 1.82) is 0 Å². The van der Waals surface area contributed by atoms with E-state index in [0.717, 1.165) is 28.2 Å². The van der Waals surface area contributed by atoms with Crippen LogP contribution in [-0.2, 0) is 16.0 Å². The SMILES string of the molecule is CCC(NC(=O)Cc1c(C)nn(-c2ccc(F)cc2)c1C)c1ccccc1OCC(=O)N(C)C. The predicted octanol–water partition coefficient (Wildman–Crippen LogP) is 3.91. The third kappa shape index (κ3) is 5.81. The van der Waals surface area contributed by atoms with E-state index in [1.54, 1.807) is 37.0 Å². The molecule has 1 heterocycles. The molecule has 0 saturated heterocycles. The number of amides is 2. The summed E-state index contributed by atoms with van der Waals surface area (Å²) in [4.78, 5) is 26.4. The Morgan fingerprint density at radius 2 is 1.79 bits per heavy atom. The zero-order valence-electron chi connectivity index (χ0n) is 20.3. The summed E-state index contributed by atoms with van der Waals surface area (Å²) in [7, 11) is 3.35. The number of ether oxygens (including phenoxy) is 1. The molecule has 0 aliphatic rings. The molecule has 0 fully saturated rings. The summed E-state index contributed by atoms with van der Waals surface area (Å²) in [5.74, 6) is -0.0287. The maximum atomic E-state index is 13.3. The third-order valence-electron chi connectivity index (χ3n) is 5.74. The van der Waals surface area contributed by atoms with Crippen LogP contribution in [0.1, 0.15) is 41.9 Å². The smallest absolute Gasteiger partial charge is 0.259 e. The van der Waals surface area contributed by atoms with Gasteiger partial charge in [0, 0.05) is 30.9 Å². The van der Waals surface area contributed by atoms with Gasteiger partial charge in [-0.1, -0.05) is 25.1 Å². The number of aryl methyl sites for hydroxylation is 1. The number of nitrogens with zero attached hydrogens (tertiary/aromatic N) is 3. The van der Waals surface area contributed by atoms with Gasteiger partial charge in [-0.3, -0.25) is 9.59 Å². The van der Waals surface area contributed by atoms with Crippen LogP contribution in [0.25, 0.3) is 5.69 Å². The summed E-state index contributed by atoms with van der Waals surface area (Å²) in [6.07, 6.45) is 0.818. The molecule has 1 N–H and O–H groups in total. The van der Waals surface area contributed by atoms with Crippen molar-refractivity contribution < 1.29 is 18.7 Å². The van der Waals surface area contributed by atoms with Gasteiger partial charge in [-0.2, -0.15) is 5.10 Å². The molecular formula is C26H31FN4O3. The van der Waals surface area contributed by atoms with Gasteiger partial charge in [0.1, 0.15) is 11.6 Å². The molecule has 1 unspecified atom stereocenters. The maximum Gasteiger partial charge on any atom is 0.259 e. The van der Waals surface area contributed by atoms with Crippen molar-refractivity contribution in [2.24, 2.45) is 0 Å². The maximum absolute atomic E-state index is 13.3.